The number of halogens is 3. The van der Waals surface area contributed by atoms with Crippen molar-refractivity contribution in [1.29, 1.82) is 0 Å². The van der Waals surface area contributed by atoms with E-state index in [0.29, 0.717) is 29.9 Å². The summed E-state index contributed by atoms with van der Waals surface area (Å²) in [5, 5.41) is 3.27. The molecule has 1 unspecified atom stereocenters. The molecular weight excluding hydrogens is 479 g/mol. The molecule has 0 radical (unpaired) electrons. The Kier molecular flexibility index (Phi) is 7.58. The van der Waals surface area contributed by atoms with E-state index in [1.165, 1.54) is 25.7 Å². The first-order valence-electron chi connectivity index (χ1n) is 12.9. The lowest BCUT2D eigenvalue weighted by Crippen LogP contribution is -2.30. The number of alkyl halides is 3. The highest BCUT2D eigenvalue weighted by atomic mass is 19.4. The zero-order valence-electron chi connectivity index (χ0n) is 22.2. The highest BCUT2D eigenvalue weighted by Crippen LogP contribution is 2.43. The number of methoxy groups -OCH3 is 1. The number of carbonyl (C=O) groups excluding carboxylic acids is 1. The van der Waals surface area contributed by atoms with E-state index in [-0.39, 0.29) is 17.8 Å². The zero-order valence-corrected chi connectivity index (χ0v) is 22.2. The van der Waals surface area contributed by atoms with E-state index in [9.17, 15) is 18.0 Å². The van der Waals surface area contributed by atoms with Gasteiger partial charge in [0.15, 0.2) is 0 Å². The minimum atomic E-state index is -4.38. The van der Waals surface area contributed by atoms with E-state index in [1.54, 1.807) is 0 Å². The fraction of sp³-hybridized carbons (Fsp3) is 0.517. The zero-order chi connectivity index (χ0) is 27.0. The van der Waals surface area contributed by atoms with Crippen LogP contribution in [0.1, 0.15) is 63.1 Å². The standard InChI is InChI=1S/C29H36F3N3O2/c1-18-12-20(16-28(3,4)15-18)17-35-25-13-19(2)21(6-11-26(36)37-5)14-24(25)34-27(35)33-23-9-7-22(8-10-23)29(30,31)32/h7-10,13-14,18,20H,6,11-12,15-17H2,1-5H3,(H,33,34)/t18-,20?/m0/s1. The molecule has 1 aliphatic carbocycles. The number of ether oxygens (including phenoxy) is 1. The lowest BCUT2D eigenvalue weighted by atomic mass is 9.68. The van der Waals surface area contributed by atoms with Crippen LogP contribution in [0.25, 0.3) is 11.0 Å². The molecule has 0 aliphatic heterocycles. The smallest absolute Gasteiger partial charge is 0.416 e. The van der Waals surface area contributed by atoms with Gasteiger partial charge in [0.05, 0.1) is 23.7 Å². The Hall–Kier alpha value is -3.03. The number of nitrogens with zero attached hydrogens (tertiary/aromatic N) is 2. The third kappa shape index (κ3) is 6.46. The number of aromatic nitrogens is 2. The van der Waals surface area contributed by atoms with E-state index in [4.69, 9.17) is 9.72 Å². The predicted molar refractivity (Wildman–Crippen MR) is 140 cm³/mol. The largest absolute Gasteiger partial charge is 0.469 e. The van der Waals surface area contributed by atoms with Crippen LogP contribution in [0.5, 0.6) is 0 Å². The van der Waals surface area contributed by atoms with Crippen LogP contribution < -0.4 is 5.32 Å². The molecule has 37 heavy (non-hydrogen) atoms. The van der Waals surface area contributed by atoms with E-state index < -0.39 is 11.7 Å². The van der Waals surface area contributed by atoms with Crippen LogP contribution in [0.3, 0.4) is 0 Å². The summed E-state index contributed by atoms with van der Waals surface area (Å²) in [6.45, 7) is 9.74. The number of fused-ring (bicyclic) bond motifs is 1. The summed E-state index contributed by atoms with van der Waals surface area (Å²) in [5.74, 6) is 1.43. The van der Waals surface area contributed by atoms with Crippen molar-refractivity contribution in [3.8, 4) is 0 Å². The van der Waals surface area contributed by atoms with Gasteiger partial charge in [-0.1, -0.05) is 20.8 Å². The molecule has 3 aromatic rings. The lowest BCUT2D eigenvalue weighted by molar-refractivity contribution is -0.140. The van der Waals surface area contributed by atoms with Gasteiger partial charge in [0.25, 0.3) is 0 Å². The molecule has 1 aliphatic rings. The van der Waals surface area contributed by atoms with Crippen LogP contribution in [-0.2, 0) is 28.7 Å². The van der Waals surface area contributed by atoms with Gasteiger partial charge >= 0.3 is 12.1 Å². The van der Waals surface area contributed by atoms with Gasteiger partial charge < -0.3 is 14.6 Å². The highest BCUT2D eigenvalue weighted by Gasteiger charge is 2.33. The molecule has 1 saturated carbocycles. The van der Waals surface area contributed by atoms with Crippen LogP contribution in [0.2, 0.25) is 0 Å². The van der Waals surface area contributed by atoms with Crippen LogP contribution >= 0.6 is 0 Å². The van der Waals surface area contributed by atoms with Crippen molar-refractivity contribution >= 4 is 28.6 Å². The Morgan fingerprint density at radius 3 is 2.51 bits per heavy atom. The predicted octanol–water partition coefficient (Wildman–Crippen LogP) is 7.68. The Morgan fingerprint density at radius 1 is 1.19 bits per heavy atom. The highest BCUT2D eigenvalue weighted by molar-refractivity contribution is 5.82. The second kappa shape index (κ2) is 10.4. The first-order chi connectivity index (χ1) is 17.3. The average Bonchev–Trinajstić information content (AvgIpc) is 3.11. The van der Waals surface area contributed by atoms with E-state index >= 15 is 0 Å². The van der Waals surface area contributed by atoms with E-state index in [2.05, 4.69) is 36.7 Å². The number of carbonyl (C=O) groups is 1. The van der Waals surface area contributed by atoms with Crippen LogP contribution in [0.15, 0.2) is 36.4 Å². The van der Waals surface area contributed by atoms with Crippen LogP contribution in [0, 0.1) is 24.2 Å². The molecule has 1 N–H and O–H groups in total. The monoisotopic (exact) mass is 515 g/mol. The molecule has 0 saturated heterocycles. The molecule has 0 spiro atoms. The normalized spacial score (nSPS) is 19.7. The van der Waals surface area contributed by atoms with Gasteiger partial charge in [-0.05, 0) is 97.4 Å². The lowest BCUT2D eigenvalue weighted by Gasteiger charge is -2.39. The number of anilines is 2. The van der Waals surface area contributed by atoms with Gasteiger partial charge in [-0.15, -0.1) is 0 Å². The minimum Gasteiger partial charge on any atom is -0.469 e. The number of esters is 1. The number of benzene rings is 2. The molecule has 1 aromatic heterocycles. The Labute approximate surface area is 216 Å². The second-order valence-corrected chi connectivity index (χ2v) is 11.4. The van der Waals surface area contributed by atoms with Gasteiger partial charge in [0.2, 0.25) is 5.95 Å². The molecule has 8 heteroatoms. The average molecular weight is 516 g/mol. The van der Waals surface area contributed by atoms with Crippen molar-refractivity contribution in [2.45, 2.75) is 72.5 Å². The van der Waals surface area contributed by atoms with Crippen molar-refractivity contribution in [2.75, 3.05) is 12.4 Å². The Bertz CT molecular complexity index is 1260. The molecule has 4 rings (SSSR count). The summed E-state index contributed by atoms with van der Waals surface area (Å²) in [7, 11) is 1.38. The molecular formula is C29H36F3N3O2. The Morgan fingerprint density at radius 2 is 1.89 bits per heavy atom. The summed E-state index contributed by atoms with van der Waals surface area (Å²) >= 11 is 0. The number of hydrogen-bond donors (Lipinski definition) is 1. The van der Waals surface area contributed by atoms with Crippen molar-refractivity contribution < 1.29 is 22.7 Å². The third-order valence-electron chi connectivity index (χ3n) is 7.42. The first kappa shape index (κ1) is 27.0. The Balaban J connectivity index is 1.70. The first-order valence-corrected chi connectivity index (χ1v) is 12.9. The van der Waals surface area contributed by atoms with Gasteiger partial charge in [0.1, 0.15) is 0 Å². The fourth-order valence-electron chi connectivity index (χ4n) is 6.02. The second-order valence-electron chi connectivity index (χ2n) is 11.4. The molecule has 0 amide bonds. The summed E-state index contributed by atoms with van der Waals surface area (Å²) in [6.07, 6.45) is -0.111. The summed E-state index contributed by atoms with van der Waals surface area (Å²) in [4.78, 5) is 16.5. The van der Waals surface area contributed by atoms with Crippen LogP contribution in [-0.4, -0.2) is 22.6 Å². The number of imidazole rings is 1. The number of aryl methyl sites for hydroxylation is 2. The molecule has 2 aromatic carbocycles. The summed E-state index contributed by atoms with van der Waals surface area (Å²) in [6, 6.07) is 9.14. The molecule has 200 valence electrons. The maximum Gasteiger partial charge on any atom is 0.416 e. The fourth-order valence-corrected chi connectivity index (χ4v) is 6.02. The van der Waals surface area contributed by atoms with Gasteiger partial charge in [0, 0.05) is 18.7 Å². The number of nitrogens with one attached hydrogen (secondary N) is 1. The maximum absolute atomic E-state index is 13.1. The molecule has 1 fully saturated rings. The minimum absolute atomic E-state index is 0.260. The van der Waals surface area contributed by atoms with E-state index in [0.717, 1.165) is 53.7 Å². The summed E-state index contributed by atoms with van der Waals surface area (Å²) < 4.78 is 46.1. The molecule has 2 atom stereocenters. The molecule has 1 heterocycles. The number of hydrogen-bond acceptors (Lipinski definition) is 4. The van der Waals surface area contributed by atoms with Crippen molar-refractivity contribution in [2.24, 2.45) is 17.3 Å². The van der Waals surface area contributed by atoms with E-state index in [1.807, 2.05) is 13.0 Å². The maximum atomic E-state index is 13.1. The van der Waals surface area contributed by atoms with Crippen molar-refractivity contribution in [3.63, 3.8) is 0 Å². The summed E-state index contributed by atoms with van der Waals surface area (Å²) in [5.41, 5.74) is 3.98. The van der Waals surface area contributed by atoms with Crippen molar-refractivity contribution in [3.05, 3.63) is 53.1 Å². The quantitative estimate of drug-likeness (QED) is 0.328. The third-order valence-corrected chi connectivity index (χ3v) is 7.42. The number of rotatable bonds is 7. The van der Waals surface area contributed by atoms with Crippen LogP contribution in [0.4, 0.5) is 24.8 Å². The van der Waals surface area contributed by atoms with Gasteiger partial charge in [-0.3, -0.25) is 4.79 Å². The van der Waals surface area contributed by atoms with Gasteiger partial charge in [-0.25, -0.2) is 4.98 Å². The van der Waals surface area contributed by atoms with Gasteiger partial charge in [-0.2, -0.15) is 13.2 Å². The molecule has 0 bridgehead atoms. The molecule has 5 nitrogen and oxygen atoms in total. The SMILES string of the molecule is COC(=O)CCc1cc2nc(Nc3ccc(C(F)(F)F)cc3)n(CC3C[C@H](C)CC(C)(C)C3)c2cc1C. The van der Waals surface area contributed by atoms with Crippen molar-refractivity contribution in [1.82, 2.24) is 9.55 Å². The topological polar surface area (TPSA) is 56.1 Å².